The largest absolute Gasteiger partial charge is 0.381 e. The Morgan fingerprint density at radius 2 is 2.38 bits per heavy atom. The molecule has 0 saturated carbocycles. The Hall–Kier alpha value is -1.54. The van der Waals surface area contributed by atoms with Gasteiger partial charge in [-0.15, -0.1) is 0 Å². The number of anilines is 1. The minimum atomic E-state index is -0.367. The number of nitrogens with zero attached hydrogens (tertiary/aromatic N) is 1. The van der Waals surface area contributed by atoms with Gasteiger partial charge in [0.1, 0.15) is 6.07 Å². The number of rotatable bonds is 4. The van der Waals surface area contributed by atoms with Crippen molar-refractivity contribution >= 4 is 27.5 Å². The summed E-state index contributed by atoms with van der Waals surface area (Å²) in [5.41, 5.74) is 6.32. The van der Waals surface area contributed by atoms with E-state index >= 15 is 0 Å². The van der Waals surface area contributed by atoms with Crippen molar-refractivity contribution in [3.05, 3.63) is 28.2 Å². The molecule has 0 bridgehead atoms. The summed E-state index contributed by atoms with van der Waals surface area (Å²) in [7, 11) is 0. The van der Waals surface area contributed by atoms with E-state index < -0.39 is 0 Å². The van der Waals surface area contributed by atoms with Crippen molar-refractivity contribution in [3.63, 3.8) is 0 Å². The van der Waals surface area contributed by atoms with E-state index in [4.69, 9.17) is 11.0 Å². The number of nitrogens with two attached hydrogens (primary N) is 1. The summed E-state index contributed by atoms with van der Waals surface area (Å²) in [6.07, 6.45) is 0.234. The number of nitriles is 1. The van der Waals surface area contributed by atoms with E-state index in [0.29, 0.717) is 11.3 Å². The minimum Gasteiger partial charge on any atom is -0.381 e. The van der Waals surface area contributed by atoms with Crippen molar-refractivity contribution in [2.75, 3.05) is 5.32 Å². The highest BCUT2D eigenvalue weighted by Gasteiger charge is 2.10. The SMILES string of the molecule is CC(CC(N)=O)Nc1cccc(Br)c1C#N. The summed E-state index contributed by atoms with van der Waals surface area (Å²) in [6.45, 7) is 1.84. The van der Waals surface area contributed by atoms with Crippen molar-refractivity contribution in [1.29, 1.82) is 5.26 Å². The van der Waals surface area contributed by atoms with Crippen LogP contribution in [0, 0.1) is 11.3 Å². The fourth-order valence-electron chi connectivity index (χ4n) is 1.38. The maximum Gasteiger partial charge on any atom is 0.219 e. The van der Waals surface area contributed by atoms with Crippen LogP contribution in [0.3, 0.4) is 0 Å². The summed E-state index contributed by atoms with van der Waals surface area (Å²) in [4.78, 5) is 10.7. The van der Waals surface area contributed by atoms with Crippen molar-refractivity contribution < 1.29 is 4.79 Å². The molecule has 84 valence electrons. The van der Waals surface area contributed by atoms with Crippen LogP contribution in [0.5, 0.6) is 0 Å². The summed E-state index contributed by atoms with van der Waals surface area (Å²) >= 11 is 3.29. The molecule has 3 N–H and O–H groups in total. The molecule has 1 atom stereocenters. The van der Waals surface area contributed by atoms with Crippen LogP contribution in [-0.2, 0) is 4.79 Å². The highest BCUT2D eigenvalue weighted by atomic mass is 79.9. The molecule has 0 fully saturated rings. The lowest BCUT2D eigenvalue weighted by Crippen LogP contribution is -2.24. The first kappa shape index (κ1) is 12.5. The number of primary amides is 1. The van der Waals surface area contributed by atoms with Gasteiger partial charge in [0.05, 0.1) is 11.3 Å². The quantitative estimate of drug-likeness (QED) is 0.886. The number of carbonyl (C=O) groups is 1. The summed E-state index contributed by atoms with van der Waals surface area (Å²) < 4.78 is 0.728. The van der Waals surface area contributed by atoms with Crippen molar-refractivity contribution in [2.24, 2.45) is 5.73 Å². The maximum atomic E-state index is 10.7. The summed E-state index contributed by atoms with van der Waals surface area (Å²) in [6, 6.07) is 7.41. The summed E-state index contributed by atoms with van der Waals surface area (Å²) in [5.74, 6) is -0.367. The van der Waals surface area contributed by atoms with E-state index in [9.17, 15) is 4.79 Å². The molecule has 1 aromatic carbocycles. The number of benzene rings is 1. The third-order valence-corrected chi connectivity index (χ3v) is 2.70. The monoisotopic (exact) mass is 281 g/mol. The predicted octanol–water partition coefficient (Wildman–Crippen LogP) is 2.00. The molecule has 0 radical (unpaired) electrons. The Bertz CT molecular complexity index is 439. The van der Waals surface area contributed by atoms with E-state index in [0.717, 1.165) is 4.47 Å². The van der Waals surface area contributed by atoms with Gasteiger partial charge in [0, 0.05) is 16.9 Å². The van der Waals surface area contributed by atoms with Gasteiger partial charge in [-0.2, -0.15) is 5.26 Å². The van der Waals surface area contributed by atoms with Crippen LogP contribution < -0.4 is 11.1 Å². The molecule has 0 heterocycles. The average molecular weight is 282 g/mol. The zero-order valence-electron chi connectivity index (χ0n) is 8.83. The number of hydrogen-bond donors (Lipinski definition) is 2. The van der Waals surface area contributed by atoms with Gasteiger partial charge in [0.25, 0.3) is 0 Å². The molecule has 16 heavy (non-hydrogen) atoms. The lowest BCUT2D eigenvalue weighted by Gasteiger charge is -2.15. The standard InChI is InChI=1S/C11H12BrN3O/c1-7(5-11(14)16)15-10-4-2-3-9(12)8(10)6-13/h2-4,7,15H,5H2,1H3,(H2,14,16). The van der Waals surface area contributed by atoms with E-state index in [1.165, 1.54) is 0 Å². The van der Waals surface area contributed by atoms with Crippen LogP contribution in [0.25, 0.3) is 0 Å². The van der Waals surface area contributed by atoms with Gasteiger partial charge < -0.3 is 11.1 Å². The molecule has 1 rings (SSSR count). The van der Waals surface area contributed by atoms with Gasteiger partial charge in [-0.25, -0.2) is 0 Å². The first-order valence-corrected chi connectivity index (χ1v) is 5.57. The van der Waals surface area contributed by atoms with Crippen LogP contribution in [0.1, 0.15) is 18.9 Å². The highest BCUT2D eigenvalue weighted by molar-refractivity contribution is 9.10. The molecule has 0 spiro atoms. The number of nitrogens with one attached hydrogen (secondary N) is 1. The molecule has 1 aromatic rings. The van der Waals surface area contributed by atoms with Gasteiger partial charge in [-0.3, -0.25) is 4.79 Å². The molecule has 1 amide bonds. The molecule has 1 unspecified atom stereocenters. The van der Waals surface area contributed by atoms with Crippen LogP contribution in [-0.4, -0.2) is 11.9 Å². The smallest absolute Gasteiger partial charge is 0.219 e. The number of halogens is 1. The Labute approximate surface area is 103 Å². The molecule has 0 aliphatic heterocycles. The maximum absolute atomic E-state index is 10.7. The van der Waals surface area contributed by atoms with Gasteiger partial charge in [0.2, 0.25) is 5.91 Å². The molecule has 5 heteroatoms. The Morgan fingerprint density at radius 3 is 2.94 bits per heavy atom. The Kier molecular flexibility index (Phi) is 4.32. The number of carbonyl (C=O) groups excluding carboxylic acids is 1. The second kappa shape index (κ2) is 5.52. The first-order valence-electron chi connectivity index (χ1n) is 4.78. The van der Waals surface area contributed by atoms with Crippen LogP contribution in [0.15, 0.2) is 22.7 Å². The molecule has 0 aliphatic rings. The second-order valence-corrected chi connectivity index (χ2v) is 4.34. The van der Waals surface area contributed by atoms with Gasteiger partial charge in [-0.1, -0.05) is 6.07 Å². The van der Waals surface area contributed by atoms with E-state index in [-0.39, 0.29) is 18.4 Å². The van der Waals surface area contributed by atoms with Crippen LogP contribution >= 0.6 is 15.9 Å². The first-order chi connectivity index (χ1) is 7.54. The van der Waals surface area contributed by atoms with Crippen LogP contribution in [0.4, 0.5) is 5.69 Å². The number of hydrogen-bond acceptors (Lipinski definition) is 3. The number of amides is 1. The van der Waals surface area contributed by atoms with E-state index in [1.54, 1.807) is 12.1 Å². The lowest BCUT2D eigenvalue weighted by molar-refractivity contribution is -0.118. The van der Waals surface area contributed by atoms with E-state index in [2.05, 4.69) is 27.3 Å². The highest BCUT2D eigenvalue weighted by Crippen LogP contribution is 2.24. The molecule has 0 saturated heterocycles. The zero-order chi connectivity index (χ0) is 12.1. The molecular weight excluding hydrogens is 270 g/mol. The fraction of sp³-hybridized carbons (Fsp3) is 0.273. The fourth-order valence-corrected chi connectivity index (χ4v) is 1.83. The zero-order valence-corrected chi connectivity index (χ0v) is 10.4. The Morgan fingerprint density at radius 1 is 1.69 bits per heavy atom. The van der Waals surface area contributed by atoms with Crippen molar-refractivity contribution in [3.8, 4) is 6.07 Å². The Balaban J connectivity index is 2.85. The predicted molar refractivity (Wildman–Crippen MR) is 65.8 cm³/mol. The van der Waals surface area contributed by atoms with Gasteiger partial charge in [0.15, 0.2) is 0 Å². The molecular formula is C11H12BrN3O. The molecule has 0 aliphatic carbocycles. The summed E-state index contributed by atoms with van der Waals surface area (Å²) in [5, 5.41) is 12.1. The second-order valence-electron chi connectivity index (χ2n) is 3.49. The van der Waals surface area contributed by atoms with Gasteiger partial charge >= 0.3 is 0 Å². The third-order valence-electron chi connectivity index (χ3n) is 2.03. The lowest BCUT2D eigenvalue weighted by atomic mass is 10.1. The van der Waals surface area contributed by atoms with Crippen molar-refractivity contribution in [2.45, 2.75) is 19.4 Å². The van der Waals surface area contributed by atoms with Gasteiger partial charge in [-0.05, 0) is 35.0 Å². The topological polar surface area (TPSA) is 78.9 Å². The average Bonchev–Trinajstić information content (AvgIpc) is 2.16. The van der Waals surface area contributed by atoms with Crippen molar-refractivity contribution in [1.82, 2.24) is 0 Å². The third kappa shape index (κ3) is 3.24. The molecule has 4 nitrogen and oxygen atoms in total. The van der Waals surface area contributed by atoms with E-state index in [1.807, 2.05) is 13.0 Å². The normalized spacial score (nSPS) is 11.6. The van der Waals surface area contributed by atoms with Crippen LogP contribution in [0.2, 0.25) is 0 Å². The minimum absolute atomic E-state index is 0.0982. The molecule has 0 aromatic heterocycles.